The molecule has 1 heterocycles. The van der Waals surface area contributed by atoms with Gasteiger partial charge >= 0.3 is 12.2 Å². The first kappa shape index (κ1) is 15.5. The predicted octanol–water partition coefficient (Wildman–Crippen LogP) is 3.06. The lowest BCUT2D eigenvalue weighted by Crippen LogP contribution is -2.46. The molecule has 6 heteroatoms. The van der Waals surface area contributed by atoms with E-state index in [1.165, 1.54) is 11.1 Å². The molecule has 25 heavy (non-hydrogen) atoms. The Morgan fingerprint density at radius 2 is 1.56 bits per heavy atom. The van der Waals surface area contributed by atoms with Crippen LogP contribution in [0.25, 0.3) is 11.1 Å². The summed E-state index contributed by atoms with van der Waals surface area (Å²) < 4.78 is 14.9. The second kappa shape index (κ2) is 6.47. The van der Waals surface area contributed by atoms with E-state index in [2.05, 4.69) is 29.6 Å². The van der Waals surface area contributed by atoms with Crippen molar-refractivity contribution in [3.05, 3.63) is 59.7 Å². The van der Waals surface area contributed by atoms with Crippen LogP contribution in [-0.2, 0) is 14.2 Å². The Kier molecular flexibility index (Phi) is 4.01. The summed E-state index contributed by atoms with van der Waals surface area (Å²) in [6.07, 6.45) is -1.26. The summed E-state index contributed by atoms with van der Waals surface area (Å²) in [5.41, 5.74) is 4.68. The Hall–Kier alpha value is -3.02. The summed E-state index contributed by atoms with van der Waals surface area (Å²) in [6.45, 7) is 0.416. The van der Waals surface area contributed by atoms with Gasteiger partial charge in [0.25, 0.3) is 0 Å². The number of amides is 1. The molecule has 0 aromatic heterocycles. The van der Waals surface area contributed by atoms with Gasteiger partial charge in [0.2, 0.25) is 0 Å². The number of carbonyl (C=O) groups is 2. The quantitative estimate of drug-likeness (QED) is 0.870. The van der Waals surface area contributed by atoms with E-state index < -0.39 is 18.3 Å². The first-order chi connectivity index (χ1) is 12.2. The number of alkyl carbamates (subject to hydrolysis) is 1. The average Bonchev–Trinajstić information content (AvgIpc) is 2.96. The second-order valence-electron chi connectivity index (χ2n) is 6.04. The Balaban J connectivity index is 1.43. The minimum Gasteiger partial charge on any atom is -0.449 e. The number of hydrogen-bond donors (Lipinski definition) is 1. The van der Waals surface area contributed by atoms with Crippen molar-refractivity contribution in [2.45, 2.75) is 12.0 Å². The van der Waals surface area contributed by atoms with E-state index in [0.717, 1.165) is 11.1 Å². The largest absolute Gasteiger partial charge is 0.508 e. The molecule has 128 valence electrons. The number of carbonyl (C=O) groups excluding carboxylic acids is 2. The van der Waals surface area contributed by atoms with Gasteiger partial charge in [-0.3, -0.25) is 0 Å². The highest BCUT2D eigenvalue weighted by Gasteiger charge is 2.29. The third-order valence-electron chi connectivity index (χ3n) is 4.47. The third kappa shape index (κ3) is 3.03. The van der Waals surface area contributed by atoms with Crippen LogP contribution in [0.1, 0.15) is 17.0 Å². The van der Waals surface area contributed by atoms with Crippen molar-refractivity contribution in [2.75, 3.05) is 19.8 Å². The van der Waals surface area contributed by atoms with Gasteiger partial charge in [-0.1, -0.05) is 48.5 Å². The first-order valence-corrected chi connectivity index (χ1v) is 8.13. The molecule has 1 amide bonds. The molecule has 2 aliphatic rings. The monoisotopic (exact) mass is 339 g/mol. The van der Waals surface area contributed by atoms with Crippen LogP contribution in [0.5, 0.6) is 0 Å². The van der Waals surface area contributed by atoms with Crippen LogP contribution >= 0.6 is 0 Å². The van der Waals surface area contributed by atoms with E-state index >= 15 is 0 Å². The van der Waals surface area contributed by atoms with Crippen LogP contribution in [0.2, 0.25) is 0 Å². The van der Waals surface area contributed by atoms with Crippen molar-refractivity contribution in [2.24, 2.45) is 0 Å². The maximum absolute atomic E-state index is 12.0. The first-order valence-electron chi connectivity index (χ1n) is 8.13. The molecular weight excluding hydrogens is 322 g/mol. The fourth-order valence-electron chi connectivity index (χ4n) is 3.32. The van der Waals surface area contributed by atoms with Gasteiger partial charge < -0.3 is 19.5 Å². The van der Waals surface area contributed by atoms with E-state index in [1.54, 1.807) is 0 Å². The minimum atomic E-state index is -0.717. The van der Waals surface area contributed by atoms with Crippen molar-refractivity contribution < 1.29 is 23.8 Å². The number of nitrogens with one attached hydrogen (secondary N) is 1. The average molecular weight is 339 g/mol. The van der Waals surface area contributed by atoms with Gasteiger partial charge in [0.15, 0.2) is 0 Å². The molecule has 0 atom stereocenters. The maximum atomic E-state index is 12.0. The van der Waals surface area contributed by atoms with Gasteiger partial charge in [-0.2, -0.15) is 0 Å². The highest BCUT2D eigenvalue weighted by molar-refractivity contribution is 5.79. The highest BCUT2D eigenvalue weighted by atomic mass is 16.7. The molecule has 1 N–H and O–H groups in total. The van der Waals surface area contributed by atoms with Gasteiger partial charge in [0, 0.05) is 5.92 Å². The summed E-state index contributed by atoms with van der Waals surface area (Å²) in [5, 5.41) is 2.65. The van der Waals surface area contributed by atoms with Gasteiger partial charge in [0.1, 0.15) is 25.9 Å². The van der Waals surface area contributed by atoms with Crippen molar-refractivity contribution in [3.8, 4) is 11.1 Å². The number of fused-ring (bicyclic) bond motifs is 3. The molecule has 2 aromatic rings. The van der Waals surface area contributed by atoms with Crippen LogP contribution in [0.3, 0.4) is 0 Å². The van der Waals surface area contributed by atoms with E-state index in [-0.39, 0.29) is 25.7 Å². The fourth-order valence-corrected chi connectivity index (χ4v) is 3.32. The molecule has 1 aliphatic heterocycles. The normalized spacial score (nSPS) is 16.4. The summed E-state index contributed by atoms with van der Waals surface area (Å²) >= 11 is 0. The minimum absolute atomic E-state index is 0.0126. The predicted molar refractivity (Wildman–Crippen MR) is 89.3 cm³/mol. The standard InChI is InChI=1S/C19H17NO5/c21-18(20-12-9-24-19(22)25-10-12)23-11-17-15-7-3-1-5-13(15)14-6-2-4-8-16(14)17/h1-8,12,17H,9-11H2,(H,20,21). The van der Waals surface area contributed by atoms with E-state index in [4.69, 9.17) is 14.2 Å². The van der Waals surface area contributed by atoms with Crippen LogP contribution in [0.4, 0.5) is 9.59 Å². The molecule has 0 unspecified atom stereocenters. The Morgan fingerprint density at radius 1 is 1.00 bits per heavy atom. The number of ether oxygens (including phenoxy) is 3. The van der Waals surface area contributed by atoms with Gasteiger partial charge in [-0.05, 0) is 22.3 Å². The van der Waals surface area contributed by atoms with Crippen LogP contribution in [0.15, 0.2) is 48.5 Å². The molecule has 0 radical (unpaired) electrons. The number of hydrogen-bond acceptors (Lipinski definition) is 5. The van der Waals surface area contributed by atoms with Crippen LogP contribution in [0, 0.1) is 0 Å². The van der Waals surface area contributed by atoms with Gasteiger partial charge in [0.05, 0.1) is 0 Å². The molecule has 0 spiro atoms. The number of benzene rings is 2. The van der Waals surface area contributed by atoms with E-state index in [0.29, 0.717) is 0 Å². The lowest BCUT2D eigenvalue weighted by Gasteiger charge is -2.23. The second-order valence-corrected chi connectivity index (χ2v) is 6.04. The van der Waals surface area contributed by atoms with Crippen molar-refractivity contribution in [1.29, 1.82) is 0 Å². The Morgan fingerprint density at radius 3 is 2.16 bits per heavy atom. The summed E-state index contributed by atoms with van der Waals surface area (Å²) in [4.78, 5) is 22.9. The van der Waals surface area contributed by atoms with E-state index in [9.17, 15) is 9.59 Å². The molecule has 2 aromatic carbocycles. The maximum Gasteiger partial charge on any atom is 0.508 e. The van der Waals surface area contributed by atoms with Crippen molar-refractivity contribution >= 4 is 12.2 Å². The number of cyclic esters (lactones) is 2. The third-order valence-corrected chi connectivity index (χ3v) is 4.47. The van der Waals surface area contributed by atoms with Gasteiger partial charge in [-0.25, -0.2) is 9.59 Å². The Labute approximate surface area is 144 Å². The summed E-state index contributed by atoms with van der Waals surface area (Å²) in [6, 6.07) is 15.9. The van der Waals surface area contributed by atoms with E-state index in [1.807, 2.05) is 24.3 Å². The topological polar surface area (TPSA) is 73.9 Å². The van der Waals surface area contributed by atoms with Crippen molar-refractivity contribution in [3.63, 3.8) is 0 Å². The van der Waals surface area contributed by atoms with Crippen LogP contribution < -0.4 is 5.32 Å². The fraction of sp³-hybridized carbons (Fsp3) is 0.263. The molecule has 1 fully saturated rings. The molecule has 1 saturated heterocycles. The van der Waals surface area contributed by atoms with Crippen LogP contribution in [-0.4, -0.2) is 38.1 Å². The zero-order valence-electron chi connectivity index (χ0n) is 13.4. The highest BCUT2D eigenvalue weighted by Crippen LogP contribution is 2.44. The molecule has 1 aliphatic carbocycles. The summed E-state index contributed by atoms with van der Waals surface area (Å²) in [7, 11) is 0. The lowest BCUT2D eigenvalue weighted by atomic mass is 9.98. The molecule has 0 saturated carbocycles. The van der Waals surface area contributed by atoms with Crippen molar-refractivity contribution in [1.82, 2.24) is 5.32 Å². The summed E-state index contributed by atoms with van der Waals surface area (Å²) in [5.74, 6) is 0.0126. The van der Waals surface area contributed by atoms with Gasteiger partial charge in [-0.15, -0.1) is 0 Å². The zero-order chi connectivity index (χ0) is 17.2. The number of rotatable bonds is 3. The molecular formula is C19H17NO5. The smallest absolute Gasteiger partial charge is 0.449 e. The SMILES string of the molecule is O=C(NC1COC(=O)OC1)OCC1c2ccccc2-c2ccccc21. The molecule has 4 rings (SSSR count). The molecule has 6 nitrogen and oxygen atoms in total. The lowest BCUT2D eigenvalue weighted by molar-refractivity contribution is 0.000300. The zero-order valence-corrected chi connectivity index (χ0v) is 13.4. The molecule has 0 bridgehead atoms. The Bertz CT molecular complexity index is 763.